The summed E-state index contributed by atoms with van der Waals surface area (Å²) in [6, 6.07) is 19.6. The lowest BCUT2D eigenvalue weighted by atomic mass is 10.2. The lowest BCUT2D eigenvalue weighted by Crippen LogP contribution is -2.21. The minimum absolute atomic E-state index is 0.309. The molecule has 0 spiro atoms. The van der Waals surface area contributed by atoms with Crippen LogP contribution in [-0.2, 0) is 26.8 Å². The second kappa shape index (κ2) is 8.55. The van der Waals surface area contributed by atoms with Gasteiger partial charge >= 0.3 is 5.51 Å². The van der Waals surface area contributed by atoms with Gasteiger partial charge in [0.05, 0.1) is 0 Å². The molecule has 2 aromatic carbocycles. The predicted octanol–water partition coefficient (Wildman–Crippen LogP) is 3.85. The fraction of sp³-hybridized carbons (Fsp3) is 0.250. The summed E-state index contributed by atoms with van der Waals surface area (Å²) in [5.74, 6) is 1.14. The van der Waals surface area contributed by atoms with Crippen LogP contribution in [0.25, 0.3) is 0 Å². The van der Waals surface area contributed by atoms with Crippen molar-refractivity contribution in [2.75, 3.05) is 6.26 Å². The summed E-state index contributed by atoms with van der Waals surface area (Å²) in [5, 5.41) is 0. The van der Waals surface area contributed by atoms with Crippen molar-refractivity contribution in [1.82, 2.24) is 0 Å². The zero-order valence-electron chi connectivity index (χ0n) is 13.1. The van der Waals surface area contributed by atoms with E-state index in [2.05, 4.69) is 67.8 Å². The minimum atomic E-state index is -6.09. The highest BCUT2D eigenvalue weighted by molar-refractivity contribution is 7.95. The lowest BCUT2D eigenvalue weighted by molar-refractivity contribution is -0.0517. The summed E-state index contributed by atoms with van der Waals surface area (Å²) < 4.78 is 58.9. The second-order valence-electron chi connectivity index (χ2n) is 4.98. The zero-order valence-corrected chi connectivity index (χ0v) is 14.7. The molecule has 2 rings (SSSR count). The molecule has 0 saturated carbocycles. The normalized spacial score (nSPS) is 12.9. The quantitative estimate of drug-likeness (QED) is 0.463. The maximum absolute atomic E-state index is 10.7. The van der Waals surface area contributed by atoms with Crippen molar-refractivity contribution in [2.45, 2.75) is 23.1 Å². The first kappa shape index (κ1) is 20.5. The van der Waals surface area contributed by atoms with Crippen LogP contribution in [0, 0.1) is 6.92 Å². The third-order valence-electron chi connectivity index (χ3n) is 2.93. The van der Waals surface area contributed by atoms with Gasteiger partial charge in [-0.1, -0.05) is 48.0 Å². The Bertz CT molecular complexity index is 727. The summed E-state index contributed by atoms with van der Waals surface area (Å²) in [4.78, 5) is 1.45. The number of benzene rings is 2. The third kappa shape index (κ3) is 6.94. The Morgan fingerprint density at radius 3 is 1.88 bits per heavy atom. The van der Waals surface area contributed by atoms with Crippen LogP contribution < -0.4 is 0 Å². The van der Waals surface area contributed by atoms with Crippen LogP contribution in [0.2, 0.25) is 0 Å². The summed E-state index contributed by atoms with van der Waals surface area (Å²) >= 11 is 0. The molecule has 1 unspecified atom stereocenters. The Kier molecular flexibility index (Phi) is 7.31. The van der Waals surface area contributed by atoms with Crippen molar-refractivity contribution in [3.05, 3.63) is 65.7 Å². The highest BCUT2D eigenvalue weighted by Gasteiger charge is 2.36. The van der Waals surface area contributed by atoms with E-state index in [4.69, 9.17) is 13.0 Å². The Balaban J connectivity index is 0.000000307. The molecule has 0 aliphatic carbocycles. The average Bonchev–Trinajstić information content (AvgIpc) is 2.49. The van der Waals surface area contributed by atoms with Crippen LogP contribution in [0.15, 0.2) is 59.5 Å². The molecule has 0 heterocycles. The van der Waals surface area contributed by atoms with Gasteiger partial charge in [-0.15, -0.1) is 0 Å². The molecular formula is C16H17F3O3S2. The van der Waals surface area contributed by atoms with Crippen LogP contribution in [-0.4, -0.2) is 24.7 Å². The Labute approximate surface area is 142 Å². The molecule has 8 heteroatoms. The highest BCUT2D eigenvalue weighted by Crippen LogP contribution is 2.20. The van der Waals surface area contributed by atoms with Crippen LogP contribution >= 0.6 is 0 Å². The van der Waals surface area contributed by atoms with E-state index < -0.39 is 15.6 Å². The predicted molar refractivity (Wildman–Crippen MR) is 88.6 cm³/mol. The van der Waals surface area contributed by atoms with Gasteiger partial charge in [0.2, 0.25) is 0 Å². The van der Waals surface area contributed by atoms with Crippen LogP contribution in [0.3, 0.4) is 0 Å². The van der Waals surface area contributed by atoms with Crippen molar-refractivity contribution in [1.29, 1.82) is 0 Å². The molecule has 0 amide bonds. The topological polar surface area (TPSA) is 57.2 Å². The van der Waals surface area contributed by atoms with Gasteiger partial charge in [-0.2, -0.15) is 13.2 Å². The zero-order chi connectivity index (χ0) is 18.4. The standard InChI is InChI=1S/C15H17S.CHF3O3S/c1-13-8-10-14(11-9-13)12-16(2)15-6-4-3-5-7-15;2-1(3,4)8(5,6)7/h3-11H,12H2,1-2H3;(H,5,6,7)/q+1;/p-1. The highest BCUT2D eigenvalue weighted by atomic mass is 32.2. The van der Waals surface area contributed by atoms with Gasteiger partial charge in [0.25, 0.3) is 0 Å². The molecule has 24 heavy (non-hydrogen) atoms. The van der Waals surface area contributed by atoms with E-state index in [1.165, 1.54) is 16.0 Å². The molecule has 0 aliphatic rings. The molecule has 3 nitrogen and oxygen atoms in total. The molecule has 0 bridgehead atoms. The SMILES string of the molecule is Cc1ccc(C[S+](C)c2ccccc2)cc1.O=S(=O)([O-])C(F)(F)F. The molecule has 0 aromatic heterocycles. The number of hydrogen-bond donors (Lipinski definition) is 0. The molecule has 132 valence electrons. The summed E-state index contributed by atoms with van der Waals surface area (Å²) in [6.07, 6.45) is 2.31. The van der Waals surface area contributed by atoms with E-state index in [-0.39, 0.29) is 0 Å². The Hall–Kier alpha value is -1.51. The fourth-order valence-electron chi connectivity index (χ4n) is 1.67. The lowest BCUT2D eigenvalue weighted by Gasteiger charge is -2.08. The third-order valence-corrected chi connectivity index (χ3v) is 5.34. The number of alkyl halides is 3. The molecule has 0 fully saturated rings. The molecule has 0 radical (unpaired) electrons. The van der Waals surface area contributed by atoms with Gasteiger partial charge in [-0.25, -0.2) is 8.42 Å². The number of rotatable bonds is 3. The van der Waals surface area contributed by atoms with E-state index in [9.17, 15) is 13.2 Å². The van der Waals surface area contributed by atoms with E-state index in [1.807, 2.05) is 0 Å². The fourth-order valence-corrected chi connectivity index (χ4v) is 3.15. The van der Waals surface area contributed by atoms with Gasteiger partial charge in [0.15, 0.2) is 15.0 Å². The van der Waals surface area contributed by atoms with E-state index in [0.29, 0.717) is 10.9 Å². The van der Waals surface area contributed by atoms with Crippen LogP contribution in [0.1, 0.15) is 11.1 Å². The number of halogens is 3. The van der Waals surface area contributed by atoms with E-state index >= 15 is 0 Å². The first-order valence-corrected chi connectivity index (χ1v) is 9.97. The second-order valence-corrected chi connectivity index (χ2v) is 8.39. The molecule has 0 N–H and O–H groups in total. The van der Waals surface area contributed by atoms with Crippen molar-refractivity contribution in [3.8, 4) is 0 Å². The van der Waals surface area contributed by atoms with Gasteiger partial charge < -0.3 is 4.55 Å². The van der Waals surface area contributed by atoms with Crippen molar-refractivity contribution >= 4 is 21.0 Å². The van der Waals surface area contributed by atoms with Gasteiger partial charge in [-0.05, 0) is 19.1 Å². The Morgan fingerprint density at radius 1 is 1.00 bits per heavy atom. The summed E-state index contributed by atoms with van der Waals surface area (Å²) in [5.41, 5.74) is -2.88. The molecule has 0 saturated heterocycles. The minimum Gasteiger partial charge on any atom is -0.741 e. The number of aryl methyl sites for hydroxylation is 1. The smallest absolute Gasteiger partial charge is 0.485 e. The average molecular weight is 378 g/mol. The van der Waals surface area contributed by atoms with Crippen LogP contribution in [0.5, 0.6) is 0 Å². The maximum atomic E-state index is 10.7. The van der Waals surface area contributed by atoms with Gasteiger partial charge in [0, 0.05) is 16.5 Å². The van der Waals surface area contributed by atoms with Crippen molar-refractivity contribution < 1.29 is 26.1 Å². The first-order chi connectivity index (χ1) is 11.0. The largest absolute Gasteiger partial charge is 0.741 e. The summed E-state index contributed by atoms with van der Waals surface area (Å²) in [6.45, 7) is 2.13. The summed E-state index contributed by atoms with van der Waals surface area (Å²) in [7, 11) is -5.78. The molecule has 1 atom stereocenters. The van der Waals surface area contributed by atoms with Crippen LogP contribution in [0.4, 0.5) is 13.2 Å². The van der Waals surface area contributed by atoms with E-state index in [0.717, 1.165) is 5.75 Å². The molecule has 0 aliphatic heterocycles. The monoisotopic (exact) mass is 378 g/mol. The van der Waals surface area contributed by atoms with Gasteiger partial charge in [-0.3, -0.25) is 0 Å². The first-order valence-electron chi connectivity index (χ1n) is 6.76. The Morgan fingerprint density at radius 2 is 1.46 bits per heavy atom. The molecule has 2 aromatic rings. The van der Waals surface area contributed by atoms with Crippen molar-refractivity contribution in [3.63, 3.8) is 0 Å². The number of hydrogen-bond acceptors (Lipinski definition) is 3. The van der Waals surface area contributed by atoms with Gasteiger partial charge in [0.1, 0.15) is 12.0 Å². The van der Waals surface area contributed by atoms with Crippen molar-refractivity contribution in [2.24, 2.45) is 0 Å². The van der Waals surface area contributed by atoms with E-state index in [1.54, 1.807) is 0 Å². The molecular weight excluding hydrogens is 361 g/mol. The maximum Gasteiger partial charge on any atom is 0.485 e.